The standard InChI is InChI=1S/C9H11NO2/c1-6(2)8-3-7(4-11)9(5-12)10-8/h3-6,10H,1-2H3. The Morgan fingerprint density at radius 3 is 2.33 bits per heavy atom. The molecule has 0 aromatic carbocycles. The molecule has 1 rings (SSSR count). The van der Waals surface area contributed by atoms with Crippen molar-refractivity contribution in [2.24, 2.45) is 0 Å². The molecule has 1 aromatic heterocycles. The molecule has 0 atom stereocenters. The second kappa shape index (κ2) is 3.34. The van der Waals surface area contributed by atoms with Crippen LogP contribution in [-0.4, -0.2) is 17.6 Å². The Kier molecular flexibility index (Phi) is 2.43. The van der Waals surface area contributed by atoms with E-state index < -0.39 is 0 Å². The zero-order valence-electron chi connectivity index (χ0n) is 7.13. The second-order valence-electron chi connectivity index (χ2n) is 2.98. The molecule has 0 bridgehead atoms. The maximum absolute atomic E-state index is 10.4. The largest absolute Gasteiger partial charge is 0.355 e. The maximum Gasteiger partial charge on any atom is 0.166 e. The van der Waals surface area contributed by atoms with E-state index in [4.69, 9.17) is 0 Å². The first-order chi connectivity index (χ1) is 5.69. The predicted octanol–water partition coefficient (Wildman–Crippen LogP) is 1.76. The summed E-state index contributed by atoms with van der Waals surface area (Å²) in [7, 11) is 0. The van der Waals surface area contributed by atoms with E-state index in [2.05, 4.69) is 4.98 Å². The van der Waals surface area contributed by atoms with Gasteiger partial charge in [-0.3, -0.25) is 9.59 Å². The average molecular weight is 165 g/mol. The van der Waals surface area contributed by atoms with Gasteiger partial charge in [0.1, 0.15) is 0 Å². The summed E-state index contributed by atoms with van der Waals surface area (Å²) >= 11 is 0. The fourth-order valence-corrected chi connectivity index (χ4v) is 1.02. The summed E-state index contributed by atoms with van der Waals surface area (Å²) in [6.07, 6.45) is 1.35. The molecule has 1 N–H and O–H groups in total. The van der Waals surface area contributed by atoms with Crippen LogP contribution in [0.1, 0.15) is 46.3 Å². The Balaban J connectivity index is 3.13. The number of hydrogen-bond donors (Lipinski definition) is 1. The van der Waals surface area contributed by atoms with Crippen LogP contribution in [0.15, 0.2) is 6.07 Å². The van der Waals surface area contributed by atoms with Crippen LogP contribution in [0.25, 0.3) is 0 Å². The molecule has 0 aliphatic rings. The van der Waals surface area contributed by atoms with Crippen LogP contribution in [0.4, 0.5) is 0 Å². The number of carbonyl (C=O) groups is 2. The molecule has 12 heavy (non-hydrogen) atoms. The van der Waals surface area contributed by atoms with Crippen LogP contribution in [0, 0.1) is 0 Å². The van der Waals surface area contributed by atoms with E-state index in [1.807, 2.05) is 13.8 Å². The minimum absolute atomic E-state index is 0.303. The van der Waals surface area contributed by atoms with Crippen molar-refractivity contribution in [2.75, 3.05) is 0 Å². The maximum atomic E-state index is 10.4. The molecule has 1 heterocycles. The molecule has 1 aromatic rings. The first kappa shape index (κ1) is 8.71. The lowest BCUT2D eigenvalue weighted by Gasteiger charge is -1.97. The number of aromatic amines is 1. The van der Waals surface area contributed by atoms with Crippen LogP contribution in [0.5, 0.6) is 0 Å². The van der Waals surface area contributed by atoms with Gasteiger partial charge in [0.15, 0.2) is 12.6 Å². The van der Waals surface area contributed by atoms with Gasteiger partial charge in [0, 0.05) is 11.3 Å². The summed E-state index contributed by atoms with van der Waals surface area (Å²) in [5.41, 5.74) is 1.72. The van der Waals surface area contributed by atoms with Gasteiger partial charge in [0.25, 0.3) is 0 Å². The predicted molar refractivity (Wildman–Crippen MR) is 45.7 cm³/mol. The summed E-state index contributed by atoms with van der Waals surface area (Å²) in [6, 6.07) is 1.71. The third kappa shape index (κ3) is 1.44. The van der Waals surface area contributed by atoms with Gasteiger partial charge in [-0.2, -0.15) is 0 Å². The highest BCUT2D eigenvalue weighted by atomic mass is 16.1. The quantitative estimate of drug-likeness (QED) is 0.694. The third-order valence-corrected chi connectivity index (χ3v) is 1.77. The fraction of sp³-hybridized carbons (Fsp3) is 0.333. The van der Waals surface area contributed by atoms with E-state index in [9.17, 15) is 9.59 Å². The van der Waals surface area contributed by atoms with Crippen LogP contribution in [-0.2, 0) is 0 Å². The average Bonchev–Trinajstić information content (AvgIpc) is 2.46. The van der Waals surface area contributed by atoms with Crippen LogP contribution < -0.4 is 0 Å². The zero-order chi connectivity index (χ0) is 9.14. The lowest BCUT2D eigenvalue weighted by Crippen LogP contribution is -1.88. The number of nitrogens with one attached hydrogen (secondary N) is 1. The van der Waals surface area contributed by atoms with Crippen molar-refractivity contribution in [2.45, 2.75) is 19.8 Å². The summed E-state index contributed by atoms with van der Waals surface area (Å²) in [5.74, 6) is 0.303. The number of rotatable bonds is 3. The Morgan fingerprint density at radius 1 is 1.33 bits per heavy atom. The highest BCUT2D eigenvalue weighted by molar-refractivity contribution is 5.89. The Hall–Kier alpha value is -1.38. The van der Waals surface area contributed by atoms with Crippen molar-refractivity contribution in [3.05, 3.63) is 23.0 Å². The summed E-state index contributed by atoms with van der Waals surface area (Å²) < 4.78 is 0. The van der Waals surface area contributed by atoms with E-state index in [0.29, 0.717) is 29.7 Å². The van der Waals surface area contributed by atoms with Crippen molar-refractivity contribution in [1.82, 2.24) is 4.98 Å². The number of H-pyrrole nitrogens is 1. The summed E-state index contributed by atoms with van der Waals surface area (Å²) in [5, 5.41) is 0. The zero-order valence-corrected chi connectivity index (χ0v) is 7.13. The van der Waals surface area contributed by atoms with E-state index in [1.165, 1.54) is 0 Å². The van der Waals surface area contributed by atoms with Gasteiger partial charge in [0.2, 0.25) is 0 Å². The molecule has 0 saturated carbocycles. The van der Waals surface area contributed by atoms with Crippen LogP contribution in [0.2, 0.25) is 0 Å². The molecular formula is C9H11NO2. The SMILES string of the molecule is CC(C)c1cc(C=O)c(C=O)[nH]1. The highest BCUT2D eigenvalue weighted by Gasteiger charge is 2.08. The van der Waals surface area contributed by atoms with Crippen molar-refractivity contribution >= 4 is 12.6 Å². The van der Waals surface area contributed by atoms with Crippen LogP contribution >= 0.6 is 0 Å². The molecule has 3 nitrogen and oxygen atoms in total. The van der Waals surface area contributed by atoms with Crippen molar-refractivity contribution < 1.29 is 9.59 Å². The molecule has 0 radical (unpaired) electrons. The Morgan fingerprint density at radius 2 is 2.00 bits per heavy atom. The molecule has 3 heteroatoms. The minimum atomic E-state index is 0.303. The normalized spacial score (nSPS) is 10.2. The Labute approximate surface area is 70.8 Å². The molecular weight excluding hydrogens is 154 g/mol. The van der Waals surface area contributed by atoms with E-state index >= 15 is 0 Å². The molecule has 0 amide bonds. The van der Waals surface area contributed by atoms with Crippen LogP contribution in [0.3, 0.4) is 0 Å². The molecule has 0 unspecified atom stereocenters. The van der Waals surface area contributed by atoms with Gasteiger partial charge in [-0.1, -0.05) is 13.8 Å². The van der Waals surface area contributed by atoms with Crippen molar-refractivity contribution in [1.29, 1.82) is 0 Å². The summed E-state index contributed by atoms with van der Waals surface area (Å²) in [6.45, 7) is 3.99. The van der Waals surface area contributed by atoms with Gasteiger partial charge in [-0.15, -0.1) is 0 Å². The number of carbonyl (C=O) groups excluding carboxylic acids is 2. The topological polar surface area (TPSA) is 49.9 Å². The smallest absolute Gasteiger partial charge is 0.166 e. The number of aromatic nitrogens is 1. The molecule has 0 fully saturated rings. The van der Waals surface area contributed by atoms with Gasteiger partial charge in [-0.25, -0.2) is 0 Å². The lowest BCUT2D eigenvalue weighted by atomic mass is 10.1. The van der Waals surface area contributed by atoms with Gasteiger partial charge in [0.05, 0.1) is 5.69 Å². The van der Waals surface area contributed by atoms with Gasteiger partial charge < -0.3 is 4.98 Å². The monoisotopic (exact) mass is 165 g/mol. The van der Waals surface area contributed by atoms with E-state index in [1.54, 1.807) is 6.07 Å². The van der Waals surface area contributed by atoms with Crippen molar-refractivity contribution in [3.8, 4) is 0 Å². The summed E-state index contributed by atoms with van der Waals surface area (Å²) in [4.78, 5) is 23.8. The van der Waals surface area contributed by atoms with E-state index in [-0.39, 0.29) is 0 Å². The first-order valence-corrected chi connectivity index (χ1v) is 3.82. The molecule has 0 aliphatic carbocycles. The van der Waals surface area contributed by atoms with Gasteiger partial charge >= 0.3 is 0 Å². The Bertz CT molecular complexity index is 274. The molecule has 64 valence electrons. The van der Waals surface area contributed by atoms with Crippen molar-refractivity contribution in [3.63, 3.8) is 0 Å². The third-order valence-electron chi connectivity index (χ3n) is 1.77. The first-order valence-electron chi connectivity index (χ1n) is 3.82. The number of hydrogen-bond acceptors (Lipinski definition) is 2. The molecule has 0 saturated heterocycles. The second-order valence-corrected chi connectivity index (χ2v) is 2.98. The minimum Gasteiger partial charge on any atom is -0.355 e. The fourth-order valence-electron chi connectivity index (χ4n) is 1.02. The molecule has 0 spiro atoms. The highest BCUT2D eigenvalue weighted by Crippen LogP contribution is 2.15. The van der Waals surface area contributed by atoms with Gasteiger partial charge in [-0.05, 0) is 12.0 Å². The number of aldehydes is 2. The lowest BCUT2D eigenvalue weighted by molar-refractivity contribution is 0.109. The van der Waals surface area contributed by atoms with E-state index in [0.717, 1.165) is 5.69 Å². The molecule has 0 aliphatic heterocycles.